The zero-order chi connectivity index (χ0) is 65.1. The van der Waals surface area contributed by atoms with E-state index in [-0.39, 0.29) is 81.9 Å². The Labute approximate surface area is 596 Å². The SMILES string of the molecule is C=C[C@]1(C)C[C@@H](OC(=O)CO)[C@]2(C)CC[C@@H](C)[C@@]3(CCC(=O)[C@@H]23)[C@@H](C)[C@@H]1O.C=C[C@]1(C)C[C@@H](OC(=O)COC(=O)CCCCCCCCCCC)[C@]2(C)CC[C@@H](C)[C@@]3(CCC(=O)[C@@H]23)[C@@H](C)[C@@H]1O.CCCCCCCCCCCC(=O)O.I.II.I[I-]I. The van der Waals surface area contributed by atoms with Crippen LogP contribution in [0.15, 0.2) is 25.3 Å². The van der Waals surface area contributed by atoms with Gasteiger partial charge in [0.15, 0.2) is 6.61 Å². The average Bonchev–Trinajstić information content (AvgIpc) is 1.69. The zero-order valence-electron chi connectivity index (χ0n) is 54.7. The summed E-state index contributed by atoms with van der Waals surface area (Å²) in [6.45, 7) is 28.1. The molecule has 6 rings (SSSR count). The molecule has 508 valence electrons. The number of aliphatic carboxylic acids is 1. The van der Waals surface area contributed by atoms with Gasteiger partial charge in [0.2, 0.25) is 0 Å². The molecular formula is C68H115I6O13-. The number of aliphatic hydroxyl groups is 3. The van der Waals surface area contributed by atoms with Gasteiger partial charge in [0.25, 0.3) is 0 Å². The van der Waals surface area contributed by atoms with Crippen LogP contribution < -0.4 is 13.3 Å². The molecule has 19 heteroatoms. The molecule has 6 aliphatic rings. The molecule has 4 bridgehead atoms. The van der Waals surface area contributed by atoms with E-state index in [2.05, 4.69) is 143 Å². The Morgan fingerprint density at radius 1 is 0.575 bits per heavy atom. The van der Waals surface area contributed by atoms with Crippen LogP contribution in [-0.2, 0) is 43.0 Å². The fourth-order valence-corrected chi connectivity index (χ4v) is 17.1. The number of esters is 3. The number of hydrogen-bond donors (Lipinski definition) is 4. The number of carbonyl (C=O) groups excluding carboxylic acids is 5. The van der Waals surface area contributed by atoms with Crippen molar-refractivity contribution in [3.8, 4) is 0 Å². The molecule has 87 heavy (non-hydrogen) atoms. The Morgan fingerprint density at radius 3 is 1.24 bits per heavy atom. The molecule has 0 aromatic heterocycles. The van der Waals surface area contributed by atoms with Crippen molar-refractivity contribution < 1.29 is 76.7 Å². The van der Waals surface area contributed by atoms with E-state index >= 15 is 0 Å². The summed E-state index contributed by atoms with van der Waals surface area (Å²) in [7, 11) is 0. The second kappa shape index (κ2) is 42.5. The maximum absolute atomic E-state index is 13.5. The van der Waals surface area contributed by atoms with E-state index in [1.54, 1.807) is 12.2 Å². The Balaban J connectivity index is 0.000000692. The fraction of sp³-hybridized carbons (Fsp3) is 0.853. The fourth-order valence-electron chi connectivity index (χ4n) is 17.1. The summed E-state index contributed by atoms with van der Waals surface area (Å²) < 4.78 is 17.1. The van der Waals surface area contributed by atoms with Gasteiger partial charge in [-0.1, -0.05) is 184 Å². The Bertz CT molecular complexity index is 2120. The first-order valence-electron chi connectivity index (χ1n) is 32.8. The molecule has 0 aliphatic heterocycles. The number of halogens is 6. The normalized spacial score (nSPS) is 34.5. The van der Waals surface area contributed by atoms with Crippen molar-refractivity contribution in [2.45, 2.75) is 286 Å². The van der Waals surface area contributed by atoms with Crippen molar-refractivity contribution in [1.82, 2.24) is 0 Å². The minimum atomic E-state index is -0.709. The molecule has 6 fully saturated rings. The number of ether oxygens (including phenoxy) is 3. The monoisotopic (exact) mass is 1900 g/mol. The molecular weight excluding hydrogens is 1790 g/mol. The molecule has 0 saturated heterocycles. The molecule has 6 aliphatic carbocycles. The first kappa shape index (κ1) is 86.0. The second-order valence-electron chi connectivity index (χ2n) is 27.6. The van der Waals surface area contributed by atoms with Gasteiger partial charge in [0, 0.05) is 96.4 Å². The predicted octanol–water partition coefficient (Wildman–Crippen LogP) is 15.4. The van der Waals surface area contributed by atoms with E-state index in [1.165, 1.54) is 83.5 Å². The van der Waals surface area contributed by atoms with Gasteiger partial charge in [-0.15, -0.1) is 37.1 Å². The molecule has 16 atom stereocenters. The molecule has 0 spiro atoms. The van der Waals surface area contributed by atoms with E-state index in [0.29, 0.717) is 57.7 Å². The van der Waals surface area contributed by atoms with Gasteiger partial charge in [-0.3, -0.25) is 19.2 Å². The van der Waals surface area contributed by atoms with E-state index in [4.69, 9.17) is 19.3 Å². The predicted molar refractivity (Wildman–Crippen MR) is 390 cm³/mol. The topological polar surface area (TPSA) is 211 Å². The first-order chi connectivity index (χ1) is 40.7. The van der Waals surface area contributed by atoms with Crippen molar-refractivity contribution in [2.24, 2.45) is 68.0 Å². The van der Waals surface area contributed by atoms with Gasteiger partial charge in [0.1, 0.15) is 30.4 Å². The summed E-state index contributed by atoms with van der Waals surface area (Å²) in [5.41, 5.74) is -2.99. The molecule has 6 saturated carbocycles. The van der Waals surface area contributed by atoms with Crippen LogP contribution in [0.2, 0.25) is 0 Å². The number of hydrogen-bond acceptors (Lipinski definition) is 12. The average molecular weight is 1900 g/mol. The minimum absolute atomic E-state index is 0. The van der Waals surface area contributed by atoms with Crippen LogP contribution in [-0.4, -0.2) is 93.5 Å². The number of unbranched alkanes of at least 4 members (excludes halogenated alkanes) is 16. The van der Waals surface area contributed by atoms with Crippen molar-refractivity contribution in [1.29, 1.82) is 0 Å². The molecule has 13 nitrogen and oxygen atoms in total. The number of ketones is 2. The maximum atomic E-state index is 13.5. The molecule has 0 radical (unpaired) electrons. The van der Waals surface area contributed by atoms with Crippen LogP contribution in [0, 0.1) is 68.0 Å². The van der Waals surface area contributed by atoms with Gasteiger partial charge in [-0.25, -0.2) is 9.59 Å². The number of rotatable bonds is 27. The van der Waals surface area contributed by atoms with Crippen LogP contribution in [0.1, 0.15) is 262 Å². The number of aliphatic hydroxyl groups excluding tert-OH is 3. The molecule has 4 N–H and O–H groups in total. The van der Waals surface area contributed by atoms with Crippen LogP contribution >= 0.6 is 98.4 Å². The van der Waals surface area contributed by atoms with E-state index in [9.17, 15) is 44.1 Å². The summed E-state index contributed by atoms with van der Waals surface area (Å²) in [5, 5.41) is 40.7. The van der Waals surface area contributed by atoms with E-state index < -0.39 is 77.2 Å². The summed E-state index contributed by atoms with van der Waals surface area (Å²) >= 11 is 9.54. The van der Waals surface area contributed by atoms with Gasteiger partial charge in [-0.2, -0.15) is 0 Å². The van der Waals surface area contributed by atoms with Crippen LogP contribution in [0.25, 0.3) is 0 Å². The summed E-state index contributed by atoms with van der Waals surface area (Å²) in [5.74, 6) is -1.88. The van der Waals surface area contributed by atoms with Crippen molar-refractivity contribution in [3.05, 3.63) is 25.3 Å². The Morgan fingerprint density at radius 2 is 0.908 bits per heavy atom. The second-order valence-corrected chi connectivity index (χ2v) is 43.8. The molecule has 0 aromatic rings. The van der Waals surface area contributed by atoms with Gasteiger partial charge in [0.05, 0.1) is 12.2 Å². The quantitative estimate of drug-likeness (QED) is 0.0198. The third kappa shape index (κ3) is 22.8. The number of carboxylic acid groups (broad SMARTS) is 1. The van der Waals surface area contributed by atoms with Crippen molar-refractivity contribution >= 4 is 134 Å². The number of carboxylic acids is 1. The van der Waals surface area contributed by atoms with Crippen LogP contribution in [0.5, 0.6) is 0 Å². The Hall–Kier alpha value is 0.960. The summed E-state index contributed by atoms with van der Waals surface area (Å²) in [6, 6.07) is 0. The van der Waals surface area contributed by atoms with E-state index in [1.807, 2.05) is 13.8 Å². The molecule has 0 unspecified atom stereocenters. The van der Waals surface area contributed by atoms with Crippen LogP contribution in [0.3, 0.4) is 0 Å². The van der Waals surface area contributed by atoms with Gasteiger partial charge in [-0.05, 0) is 98.7 Å². The number of Topliss-reactive ketones (excluding diaryl/α,β-unsaturated/α-hetero) is 2. The van der Waals surface area contributed by atoms with Crippen molar-refractivity contribution in [3.63, 3.8) is 0 Å². The molecule has 0 aromatic carbocycles. The summed E-state index contributed by atoms with van der Waals surface area (Å²) in [6.07, 6.45) is 30.1. The summed E-state index contributed by atoms with van der Waals surface area (Å²) in [4.78, 5) is 74.2. The van der Waals surface area contributed by atoms with Gasteiger partial charge < -0.3 is 34.6 Å². The number of carbonyl (C=O) groups is 6. The third-order valence-electron chi connectivity index (χ3n) is 22.4. The van der Waals surface area contributed by atoms with Gasteiger partial charge >= 0.3 is 74.4 Å². The Kier molecular flexibility index (Phi) is 42.0. The zero-order valence-corrected chi connectivity index (χ0v) is 67.8. The molecule has 0 amide bonds. The van der Waals surface area contributed by atoms with Crippen molar-refractivity contribution in [2.75, 3.05) is 13.2 Å². The standard InChI is InChI=1S/C34H56O6.C22H34O5.C12H24O2.I3.I2.HI/c1-7-9-10-11-12-13-14-15-16-17-28(36)39-23-29(37)40-27-22-32(5,8-2)31(38)25(4)34-21-19-26(35)30(34)33(27,6)20-18-24(34)3;1-6-20(4)11-16(27-17(25)12-23)21(5)9-7-13(2)22(14(3)19(20)26)10-8-15(24)18(21)22;1-2-3-4-5-6-7-8-9-10-11-12(13)14;1-3-2;1-2;/h8,24-25,27,30-31,38H,2,7,9-23H2,1,3-6H3;6,13-14,16,18-19,23,26H,1,7-12H2,2-5H3;2-11H2,1H3,(H,13,14);;;1H/q;;;-1;;/t24-,25+,27-,30+,31+,32-,33+,34+;13-,14+,16-,18+,19+,20-,21+,22+;;;;/m11..../s1. The third-order valence-corrected chi connectivity index (χ3v) is 22.4. The first-order valence-corrected chi connectivity index (χ1v) is 51.6. The molecule has 0 heterocycles. The van der Waals surface area contributed by atoms with E-state index in [0.717, 1.165) is 70.6 Å². The van der Waals surface area contributed by atoms with Crippen LogP contribution in [0.4, 0.5) is 0 Å².